The fourth-order valence-corrected chi connectivity index (χ4v) is 2.59. The lowest BCUT2D eigenvalue weighted by Crippen LogP contribution is -2.22. The highest BCUT2D eigenvalue weighted by Crippen LogP contribution is 2.28. The van der Waals surface area contributed by atoms with E-state index in [1.54, 1.807) is 17.4 Å². The first-order chi connectivity index (χ1) is 8.56. The first kappa shape index (κ1) is 13.2. The van der Waals surface area contributed by atoms with Crippen molar-refractivity contribution in [2.24, 2.45) is 0 Å². The molecule has 0 amide bonds. The molecule has 0 aliphatic rings. The van der Waals surface area contributed by atoms with Crippen molar-refractivity contribution in [1.29, 1.82) is 0 Å². The summed E-state index contributed by atoms with van der Waals surface area (Å²) < 4.78 is 13.4. The predicted octanol–water partition coefficient (Wildman–Crippen LogP) is 4.36. The molecular weight excluding hydrogens is 245 g/mol. The van der Waals surface area contributed by atoms with Crippen molar-refractivity contribution < 1.29 is 4.39 Å². The second-order valence-corrected chi connectivity index (χ2v) is 5.90. The molecule has 0 saturated heterocycles. The minimum absolute atomic E-state index is 0.175. The average Bonchev–Trinajstić information content (AvgIpc) is 2.73. The van der Waals surface area contributed by atoms with Gasteiger partial charge in [-0.2, -0.15) is 0 Å². The maximum atomic E-state index is 13.4. The summed E-state index contributed by atoms with van der Waals surface area (Å²) in [5.74, 6) is -0.175. The number of nitrogens with one attached hydrogen (secondary N) is 1. The summed E-state index contributed by atoms with van der Waals surface area (Å²) in [6.45, 7) is 6.96. The van der Waals surface area contributed by atoms with Crippen molar-refractivity contribution in [3.63, 3.8) is 0 Å². The van der Waals surface area contributed by atoms with Crippen LogP contribution in [0.25, 0.3) is 11.1 Å². The van der Waals surface area contributed by atoms with Crippen LogP contribution >= 0.6 is 11.3 Å². The van der Waals surface area contributed by atoms with Crippen LogP contribution in [-0.2, 0) is 6.54 Å². The van der Waals surface area contributed by atoms with Gasteiger partial charge in [-0.15, -0.1) is 11.3 Å². The Morgan fingerprint density at radius 3 is 2.67 bits per heavy atom. The van der Waals surface area contributed by atoms with Gasteiger partial charge in [-0.1, -0.05) is 19.9 Å². The van der Waals surface area contributed by atoms with Crippen molar-refractivity contribution in [2.75, 3.05) is 0 Å². The first-order valence-electron chi connectivity index (χ1n) is 6.13. The van der Waals surface area contributed by atoms with Crippen LogP contribution in [0.1, 0.15) is 24.3 Å². The number of rotatable bonds is 4. The molecule has 2 aromatic rings. The van der Waals surface area contributed by atoms with E-state index in [2.05, 4.69) is 37.5 Å². The van der Waals surface area contributed by atoms with Crippen LogP contribution in [0.4, 0.5) is 4.39 Å². The minimum Gasteiger partial charge on any atom is -0.310 e. The third-order valence-corrected chi connectivity index (χ3v) is 3.67. The summed E-state index contributed by atoms with van der Waals surface area (Å²) in [6.07, 6.45) is 0. The molecule has 0 unspecified atom stereocenters. The fourth-order valence-electron chi connectivity index (χ4n) is 1.89. The Labute approximate surface area is 112 Å². The Morgan fingerprint density at radius 1 is 1.28 bits per heavy atom. The SMILES string of the molecule is Cc1cc(-c2ccc(F)cc2CNC(C)C)cs1. The Morgan fingerprint density at radius 2 is 2.06 bits per heavy atom. The summed E-state index contributed by atoms with van der Waals surface area (Å²) >= 11 is 1.72. The molecule has 1 aromatic carbocycles. The molecule has 1 heterocycles. The van der Waals surface area contributed by atoms with E-state index in [-0.39, 0.29) is 5.82 Å². The second-order valence-electron chi connectivity index (χ2n) is 4.78. The molecule has 0 radical (unpaired) electrons. The Bertz CT molecular complexity index is 531. The second kappa shape index (κ2) is 5.63. The Balaban J connectivity index is 2.34. The molecule has 96 valence electrons. The van der Waals surface area contributed by atoms with E-state index in [4.69, 9.17) is 0 Å². The van der Waals surface area contributed by atoms with E-state index in [0.717, 1.165) is 11.1 Å². The highest BCUT2D eigenvalue weighted by molar-refractivity contribution is 7.10. The van der Waals surface area contributed by atoms with E-state index in [1.807, 2.05) is 6.07 Å². The van der Waals surface area contributed by atoms with E-state index >= 15 is 0 Å². The van der Waals surface area contributed by atoms with Gasteiger partial charge in [0.15, 0.2) is 0 Å². The standard InChI is InChI=1S/C15H18FNS/c1-10(2)17-8-12-7-14(16)4-5-15(12)13-6-11(3)18-9-13/h4-7,9-10,17H,8H2,1-3H3. The molecule has 2 rings (SSSR count). The lowest BCUT2D eigenvalue weighted by molar-refractivity contribution is 0.582. The number of halogens is 1. The summed E-state index contributed by atoms with van der Waals surface area (Å²) in [4.78, 5) is 1.28. The van der Waals surface area contributed by atoms with Gasteiger partial charge in [0.1, 0.15) is 5.82 Å². The quantitative estimate of drug-likeness (QED) is 0.864. The maximum Gasteiger partial charge on any atom is 0.123 e. The van der Waals surface area contributed by atoms with Crippen LogP contribution in [0.5, 0.6) is 0 Å². The third-order valence-electron chi connectivity index (χ3n) is 2.81. The van der Waals surface area contributed by atoms with Crippen LogP contribution in [0.3, 0.4) is 0 Å². The number of benzene rings is 1. The number of aryl methyl sites for hydroxylation is 1. The zero-order valence-electron chi connectivity index (χ0n) is 11.0. The van der Waals surface area contributed by atoms with Gasteiger partial charge in [-0.05, 0) is 47.2 Å². The fraction of sp³-hybridized carbons (Fsp3) is 0.333. The van der Waals surface area contributed by atoms with Crippen LogP contribution in [0, 0.1) is 12.7 Å². The van der Waals surface area contributed by atoms with Gasteiger partial charge in [-0.3, -0.25) is 0 Å². The van der Waals surface area contributed by atoms with E-state index in [0.29, 0.717) is 12.6 Å². The van der Waals surface area contributed by atoms with Gasteiger partial charge in [0.25, 0.3) is 0 Å². The molecule has 0 aliphatic heterocycles. The van der Waals surface area contributed by atoms with Crippen molar-refractivity contribution >= 4 is 11.3 Å². The summed E-state index contributed by atoms with van der Waals surface area (Å²) in [5, 5.41) is 5.47. The van der Waals surface area contributed by atoms with Crippen molar-refractivity contribution in [3.05, 3.63) is 45.9 Å². The van der Waals surface area contributed by atoms with E-state index in [9.17, 15) is 4.39 Å². The monoisotopic (exact) mass is 263 g/mol. The molecule has 1 nitrogen and oxygen atoms in total. The molecule has 3 heteroatoms. The topological polar surface area (TPSA) is 12.0 Å². The molecule has 1 N–H and O–H groups in total. The number of hydrogen-bond donors (Lipinski definition) is 1. The van der Waals surface area contributed by atoms with Crippen molar-refractivity contribution in [2.45, 2.75) is 33.4 Å². The molecular formula is C15H18FNS. The van der Waals surface area contributed by atoms with Gasteiger partial charge in [0.2, 0.25) is 0 Å². The lowest BCUT2D eigenvalue weighted by Gasteiger charge is -2.12. The van der Waals surface area contributed by atoms with Crippen LogP contribution < -0.4 is 5.32 Å². The number of thiophene rings is 1. The smallest absolute Gasteiger partial charge is 0.123 e. The largest absolute Gasteiger partial charge is 0.310 e. The zero-order chi connectivity index (χ0) is 13.1. The van der Waals surface area contributed by atoms with Gasteiger partial charge in [0, 0.05) is 17.5 Å². The lowest BCUT2D eigenvalue weighted by atomic mass is 10.0. The molecule has 18 heavy (non-hydrogen) atoms. The van der Waals surface area contributed by atoms with Crippen LogP contribution in [-0.4, -0.2) is 6.04 Å². The van der Waals surface area contributed by atoms with Gasteiger partial charge in [-0.25, -0.2) is 4.39 Å². The Hall–Kier alpha value is -1.19. The normalized spacial score (nSPS) is 11.2. The molecule has 0 aliphatic carbocycles. The molecule has 0 spiro atoms. The summed E-state index contributed by atoms with van der Waals surface area (Å²) in [6, 6.07) is 7.56. The summed E-state index contributed by atoms with van der Waals surface area (Å²) in [5.41, 5.74) is 3.31. The molecule has 0 atom stereocenters. The average molecular weight is 263 g/mol. The van der Waals surface area contributed by atoms with Gasteiger partial charge >= 0.3 is 0 Å². The zero-order valence-corrected chi connectivity index (χ0v) is 11.8. The van der Waals surface area contributed by atoms with Crippen LogP contribution in [0.15, 0.2) is 29.6 Å². The third kappa shape index (κ3) is 3.18. The van der Waals surface area contributed by atoms with Gasteiger partial charge in [0.05, 0.1) is 0 Å². The predicted molar refractivity (Wildman–Crippen MR) is 76.4 cm³/mol. The molecule has 1 aromatic heterocycles. The Kier molecular flexibility index (Phi) is 4.15. The molecule has 0 saturated carbocycles. The molecule has 0 fully saturated rings. The first-order valence-corrected chi connectivity index (χ1v) is 7.01. The maximum absolute atomic E-state index is 13.4. The highest BCUT2D eigenvalue weighted by Gasteiger charge is 2.08. The molecule has 0 bridgehead atoms. The van der Waals surface area contributed by atoms with Gasteiger partial charge < -0.3 is 5.32 Å². The summed E-state index contributed by atoms with van der Waals surface area (Å²) in [7, 11) is 0. The number of hydrogen-bond acceptors (Lipinski definition) is 2. The van der Waals surface area contributed by atoms with Crippen LogP contribution in [0.2, 0.25) is 0 Å². The van der Waals surface area contributed by atoms with E-state index in [1.165, 1.54) is 16.5 Å². The minimum atomic E-state index is -0.175. The van der Waals surface area contributed by atoms with Crippen molar-refractivity contribution in [1.82, 2.24) is 5.32 Å². The van der Waals surface area contributed by atoms with E-state index < -0.39 is 0 Å². The highest BCUT2D eigenvalue weighted by atomic mass is 32.1. The van der Waals surface area contributed by atoms with Crippen molar-refractivity contribution in [3.8, 4) is 11.1 Å².